The first-order valence-electron chi connectivity index (χ1n) is 7.27. The minimum absolute atomic E-state index is 0. The van der Waals surface area contributed by atoms with Gasteiger partial charge in [0.2, 0.25) is 0 Å². The van der Waals surface area contributed by atoms with E-state index in [-0.39, 0.29) is 37.2 Å². The van der Waals surface area contributed by atoms with Gasteiger partial charge in [0.15, 0.2) is 17.5 Å². The average molecular weight is 437 g/mol. The Kier molecular flexibility index (Phi) is 9.03. The van der Waals surface area contributed by atoms with E-state index in [1.807, 2.05) is 23.1 Å². The Balaban J connectivity index is 0.00000264. The number of aliphatic imine (C=N–C) groups is 1. The lowest BCUT2D eigenvalue weighted by molar-refractivity contribution is 0.0674. The van der Waals surface area contributed by atoms with Gasteiger partial charge in [-0.25, -0.2) is 4.99 Å². The molecule has 0 unspecified atom stereocenters. The Bertz CT molecular complexity index is 507. The van der Waals surface area contributed by atoms with Crippen molar-refractivity contribution in [3.8, 4) is 11.5 Å². The predicted molar refractivity (Wildman–Crippen MR) is 98.7 cm³/mol. The van der Waals surface area contributed by atoms with Crippen LogP contribution in [0.25, 0.3) is 0 Å². The number of nitrogens with zero attached hydrogens (tertiary/aromatic N) is 2. The fourth-order valence-corrected chi connectivity index (χ4v) is 2.15. The molecule has 1 aromatic carbocycles. The van der Waals surface area contributed by atoms with E-state index in [2.05, 4.69) is 4.99 Å². The first-order chi connectivity index (χ1) is 10.7. The van der Waals surface area contributed by atoms with Gasteiger partial charge in [0.05, 0.1) is 33.5 Å². The number of halogens is 1. The van der Waals surface area contributed by atoms with Gasteiger partial charge in [-0.05, 0) is 17.7 Å². The molecule has 0 saturated carbocycles. The molecule has 0 atom stereocenters. The van der Waals surface area contributed by atoms with E-state index in [0.29, 0.717) is 37.2 Å². The average Bonchev–Trinajstić information content (AvgIpc) is 2.58. The van der Waals surface area contributed by atoms with E-state index >= 15 is 0 Å². The van der Waals surface area contributed by atoms with Crippen molar-refractivity contribution in [1.82, 2.24) is 4.90 Å². The molecule has 8 heteroatoms. The van der Waals surface area contributed by atoms with E-state index in [4.69, 9.17) is 25.1 Å². The number of methoxy groups -OCH3 is 1. The maximum atomic E-state index is 8.80. The topological polar surface area (TPSA) is 89.5 Å². The van der Waals surface area contributed by atoms with Crippen LogP contribution >= 0.6 is 24.0 Å². The van der Waals surface area contributed by atoms with Gasteiger partial charge in [0, 0.05) is 13.1 Å². The first kappa shape index (κ1) is 19.8. The summed E-state index contributed by atoms with van der Waals surface area (Å²) < 4.78 is 16.0. The van der Waals surface area contributed by atoms with Gasteiger partial charge in [-0.1, -0.05) is 6.07 Å². The van der Waals surface area contributed by atoms with Crippen molar-refractivity contribution >= 4 is 29.9 Å². The molecule has 130 valence electrons. The normalized spacial score (nSPS) is 15.0. The monoisotopic (exact) mass is 437 g/mol. The van der Waals surface area contributed by atoms with Crippen molar-refractivity contribution in [3.05, 3.63) is 23.8 Å². The Morgan fingerprint density at radius 2 is 2.09 bits per heavy atom. The standard InChI is InChI=1S/C15H23N3O4.HI/c1-20-14-10-12(2-3-13(14)22-9-6-19)11-17-15(16)18-4-7-21-8-5-18;/h2-3,10,19H,4-9,11H2,1H3,(H2,16,17);1H. The summed E-state index contributed by atoms with van der Waals surface area (Å²) in [6.07, 6.45) is 0. The number of rotatable bonds is 6. The van der Waals surface area contributed by atoms with Gasteiger partial charge in [0.25, 0.3) is 0 Å². The zero-order valence-electron chi connectivity index (χ0n) is 13.2. The van der Waals surface area contributed by atoms with Gasteiger partial charge in [0.1, 0.15) is 6.61 Å². The van der Waals surface area contributed by atoms with Crippen LogP contribution in [0.5, 0.6) is 11.5 Å². The van der Waals surface area contributed by atoms with E-state index < -0.39 is 0 Å². The summed E-state index contributed by atoms with van der Waals surface area (Å²) in [4.78, 5) is 6.43. The molecule has 1 aliphatic rings. The molecule has 1 heterocycles. The van der Waals surface area contributed by atoms with E-state index in [0.717, 1.165) is 18.7 Å². The van der Waals surface area contributed by atoms with Crippen molar-refractivity contribution in [2.75, 3.05) is 46.6 Å². The molecule has 3 N–H and O–H groups in total. The molecule has 0 radical (unpaired) electrons. The van der Waals surface area contributed by atoms with Crippen LogP contribution in [0.2, 0.25) is 0 Å². The number of aliphatic hydroxyl groups excluding tert-OH is 1. The van der Waals surface area contributed by atoms with Crippen LogP contribution in [0.4, 0.5) is 0 Å². The molecule has 1 saturated heterocycles. The van der Waals surface area contributed by atoms with Crippen LogP contribution in [-0.2, 0) is 11.3 Å². The summed E-state index contributed by atoms with van der Waals surface area (Å²) in [6.45, 7) is 3.57. The van der Waals surface area contributed by atoms with Gasteiger partial charge >= 0.3 is 0 Å². The number of morpholine rings is 1. The highest BCUT2D eigenvalue weighted by Gasteiger charge is 2.12. The van der Waals surface area contributed by atoms with Crippen LogP contribution in [0.1, 0.15) is 5.56 Å². The van der Waals surface area contributed by atoms with E-state index in [1.165, 1.54) is 0 Å². The quantitative estimate of drug-likeness (QED) is 0.390. The Labute approximate surface area is 153 Å². The smallest absolute Gasteiger partial charge is 0.191 e. The summed E-state index contributed by atoms with van der Waals surface area (Å²) >= 11 is 0. The van der Waals surface area contributed by atoms with Crippen LogP contribution in [0, 0.1) is 0 Å². The number of ether oxygens (including phenoxy) is 3. The molecule has 0 aromatic heterocycles. The third-order valence-corrected chi connectivity index (χ3v) is 3.34. The molecule has 0 bridgehead atoms. The van der Waals surface area contributed by atoms with Crippen LogP contribution in [0.15, 0.2) is 23.2 Å². The third-order valence-electron chi connectivity index (χ3n) is 3.34. The molecule has 0 aliphatic carbocycles. The number of nitrogens with two attached hydrogens (primary N) is 1. The van der Waals surface area contributed by atoms with Gasteiger partial charge in [-0.3, -0.25) is 0 Å². The zero-order chi connectivity index (χ0) is 15.8. The molecular weight excluding hydrogens is 413 g/mol. The fourth-order valence-electron chi connectivity index (χ4n) is 2.15. The number of benzene rings is 1. The highest BCUT2D eigenvalue weighted by atomic mass is 127. The Morgan fingerprint density at radius 3 is 2.74 bits per heavy atom. The number of hydrogen-bond acceptors (Lipinski definition) is 5. The van der Waals surface area contributed by atoms with Crippen LogP contribution < -0.4 is 15.2 Å². The fraction of sp³-hybridized carbons (Fsp3) is 0.533. The van der Waals surface area contributed by atoms with Crippen molar-refractivity contribution in [2.24, 2.45) is 10.7 Å². The predicted octanol–water partition coefficient (Wildman–Crippen LogP) is 0.831. The highest BCUT2D eigenvalue weighted by molar-refractivity contribution is 14.0. The molecule has 1 fully saturated rings. The van der Waals surface area contributed by atoms with Crippen LogP contribution in [-0.4, -0.2) is 62.6 Å². The van der Waals surface area contributed by atoms with Crippen molar-refractivity contribution in [2.45, 2.75) is 6.54 Å². The second-order valence-corrected chi connectivity index (χ2v) is 4.83. The summed E-state index contributed by atoms with van der Waals surface area (Å²) in [5.74, 6) is 1.75. The lowest BCUT2D eigenvalue weighted by Crippen LogP contribution is -2.44. The lowest BCUT2D eigenvalue weighted by Gasteiger charge is -2.27. The second kappa shape index (κ2) is 10.5. The summed E-state index contributed by atoms with van der Waals surface area (Å²) in [7, 11) is 1.58. The maximum absolute atomic E-state index is 8.80. The molecule has 7 nitrogen and oxygen atoms in total. The summed E-state index contributed by atoms with van der Waals surface area (Å²) in [5, 5.41) is 8.80. The summed E-state index contributed by atoms with van der Waals surface area (Å²) in [6, 6.07) is 5.58. The molecule has 23 heavy (non-hydrogen) atoms. The minimum atomic E-state index is -0.0364. The highest BCUT2D eigenvalue weighted by Crippen LogP contribution is 2.28. The molecular formula is C15H24IN3O4. The van der Waals surface area contributed by atoms with E-state index in [9.17, 15) is 0 Å². The number of hydrogen-bond donors (Lipinski definition) is 2. The third kappa shape index (κ3) is 6.04. The SMILES string of the molecule is COc1cc(CN=C(N)N2CCOCC2)ccc1OCCO.I. The lowest BCUT2D eigenvalue weighted by atomic mass is 10.2. The Hall–Kier alpha value is -1.26. The molecule has 1 aromatic rings. The van der Waals surface area contributed by atoms with Crippen molar-refractivity contribution in [1.29, 1.82) is 0 Å². The van der Waals surface area contributed by atoms with Gasteiger partial charge < -0.3 is 30.0 Å². The number of aliphatic hydroxyl groups is 1. The maximum Gasteiger partial charge on any atom is 0.191 e. The zero-order valence-corrected chi connectivity index (χ0v) is 15.6. The van der Waals surface area contributed by atoms with Gasteiger partial charge in [-0.15, -0.1) is 24.0 Å². The second-order valence-electron chi connectivity index (χ2n) is 4.83. The Morgan fingerprint density at radius 1 is 1.35 bits per heavy atom. The minimum Gasteiger partial charge on any atom is -0.493 e. The molecule has 0 amide bonds. The molecule has 1 aliphatic heterocycles. The van der Waals surface area contributed by atoms with Crippen molar-refractivity contribution in [3.63, 3.8) is 0 Å². The van der Waals surface area contributed by atoms with Gasteiger partial charge in [-0.2, -0.15) is 0 Å². The largest absolute Gasteiger partial charge is 0.493 e. The molecule has 0 spiro atoms. The first-order valence-corrected chi connectivity index (χ1v) is 7.27. The summed E-state index contributed by atoms with van der Waals surface area (Å²) in [5.41, 5.74) is 6.98. The number of guanidine groups is 1. The molecule has 2 rings (SSSR count). The van der Waals surface area contributed by atoms with Crippen LogP contribution in [0.3, 0.4) is 0 Å². The van der Waals surface area contributed by atoms with Crippen molar-refractivity contribution < 1.29 is 19.3 Å². The van der Waals surface area contributed by atoms with E-state index in [1.54, 1.807) is 7.11 Å².